The van der Waals surface area contributed by atoms with Gasteiger partial charge in [0.1, 0.15) is 19.0 Å². The third-order valence-corrected chi connectivity index (χ3v) is 4.77. The summed E-state index contributed by atoms with van der Waals surface area (Å²) in [5, 5.41) is 6.28. The van der Waals surface area contributed by atoms with E-state index in [1.54, 1.807) is 6.20 Å². The van der Waals surface area contributed by atoms with Gasteiger partial charge < -0.3 is 25.0 Å². The van der Waals surface area contributed by atoms with Crippen LogP contribution >= 0.6 is 0 Å². The van der Waals surface area contributed by atoms with E-state index in [0.717, 1.165) is 43.8 Å². The maximum Gasteiger partial charge on any atom is 0.241 e. The lowest BCUT2D eigenvalue weighted by Gasteiger charge is -2.17. The number of hydrogen-bond acceptors (Lipinski definition) is 5. The predicted molar refractivity (Wildman–Crippen MR) is 120 cm³/mol. The molecule has 1 aliphatic rings. The largest absolute Gasteiger partial charge is 0.490 e. The van der Waals surface area contributed by atoms with E-state index in [1.165, 1.54) is 0 Å². The molecule has 3 rings (SSSR count). The number of ether oxygens (including phenoxy) is 2. The Morgan fingerprint density at radius 3 is 2.55 bits per heavy atom. The number of rotatable bonds is 10. The third kappa shape index (κ3) is 7.81. The standard InChI is InChI=1S/C23H31N5O3/c1-2-24-23(27-18-22(29)28-12-6-7-13-28)26-17-19-10-11-21(25-16-19)31-15-14-30-20-8-4-3-5-9-20/h3-5,8-11,16H,2,6-7,12-15,17-18H2,1H3,(H2,24,26,27). The summed E-state index contributed by atoms with van der Waals surface area (Å²) in [5.41, 5.74) is 0.955. The summed E-state index contributed by atoms with van der Waals surface area (Å²) in [6.45, 7) is 6.00. The molecule has 8 nitrogen and oxygen atoms in total. The summed E-state index contributed by atoms with van der Waals surface area (Å²) in [6, 6.07) is 13.4. The minimum Gasteiger partial charge on any atom is -0.490 e. The van der Waals surface area contributed by atoms with Crippen molar-refractivity contribution in [2.45, 2.75) is 26.3 Å². The van der Waals surface area contributed by atoms with Crippen LogP contribution in [-0.4, -0.2) is 61.1 Å². The topological polar surface area (TPSA) is 88.1 Å². The van der Waals surface area contributed by atoms with Gasteiger partial charge in [-0.3, -0.25) is 4.79 Å². The number of para-hydroxylation sites is 1. The molecule has 1 fully saturated rings. The highest BCUT2D eigenvalue weighted by Crippen LogP contribution is 2.10. The van der Waals surface area contributed by atoms with Crippen molar-refractivity contribution in [3.05, 3.63) is 54.2 Å². The molecule has 8 heteroatoms. The third-order valence-electron chi connectivity index (χ3n) is 4.77. The summed E-state index contributed by atoms with van der Waals surface area (Å²) >= 11 is 0. The fourth-order valence-electron chi connectivity index (χ4n) is 3.16. The first kappa shape index (κ1) is 22.4. The van der Waals surface area contributed by atoms with Crippen molar-refractivity contribution in [3.8, 4) is 11.6 Å². The van der Waals surface area contributed by atoms with Gasteiger partial charge in [0.05, 0.1) is 13.1 Å². The predicted octanol–water partition coefficient (Wildman–Crippen LogP) is 2.22. The Bertz CT molecular complexity index is 821. The van der Waals surface area contributed by atoms with Crippen LogP contribution in [0.3, 0.4) is 0 Å². The van der Waals surface area contributed by atoms with E-state index in [-0.39, 0.29) is 12.5 Å². The van der Waals surface area contributed by atoms with Crippen molar-refractivity contribution in [3.63, 3.8) is 0 Å². The zero-order valence-electron chi connectivity index (χ0n) is 18.0. The Hall–Kier alpha value is -3.29. The van der Waals surface area contributed by atoms with E-state index in [4.69, 9.17) is 9.47 Å². The minimum atomic E-state index is 0.113. The van der Waals surface area contributed by atoms with Gasteiger partial charge in [0.2, 0.25) is 11.8 Å². The second-order valence-electron chi connectivity index (χ2n) is 7.15. The lowest BCUT2D eigenvalue weighted by molar-refractivity contribution is -0.128. The average Bonchev–Trinajstić information content (AvgIpc) is 3.35. The maximum absolute atomic E-state index is 12.2. The number of aromatic nitrogens is 1. The molecule has 0 saturated carbocycles. The van der Waals surface area contributed by atoms with Crippen LogP contribution in [0.4, 0.5) is 0 Å². The van der Waals surface area contributed by atoms with E-state index >= 15 is 0 Å². The number of amides is 1. The minimum absolute atomic E-state index is 0.113. The number of aliphatic imine (C=N–C) groups is 1. The SMILES string of the molecule is CCNC(=NCc1ccc(OCCOc2ccccc2)nc1)NCC(=O)N1CCCC1. The highest BCUT2D eigenvalue weighted by Gasteiger charge is 2.17. The van der Waals surface area contributed by atoms with Crippen molar-refractivity contribution >= 4 is 11.9 Å². The van der Waals surface area contributed by atoms with Crippen molar-refractivity contribution in [1.29, 1.82) is 0 Å². The van der Waals surface area contributed by atoms with Crippen molar-refractivity contribution in [1.82, 2.24) is 20.5 Å². The highest BCUT2D eigenvalue weighted by atomic mass is 16.5. The number of nitrogens with zero attached hydrogens (tertiary/aromatic N) is 3. The van der Waals surface area contributed by atoms with E-state index < -0.39 is 0 Å². The molecule has 0 unspecified atom stereocenters. The van der Waals surface area contributed by atoms with Gasteiger partial charge in [-0.25, -0.2) is 9.98 Å². The summed E-state index contributed by atoms with van der Waals surface area (Å²) in [7, 11) is 0. The summed E-state index contributed by atoms with van der Waals surface area (Å²) in [6.07, 6.45) is 3.93. The van der Waals surface area contributed by atoms with Gasteiger partial charge in [-0.15, -0.1) is 0 Å². The Morgan fingerprint density at radius 2 is 1.84 bits per heavy atom. The first-order valence-corrected chi connectivity index (χ1v) is 10.8. The molecule has 0 atom stereocenters. The zero-order valence-corrected chi connectivity index (χ0v) is 18.0. The molecule has 2 heterocycles. The quantitative estimate of drug-likeness (QED) is 0.345. The molecular weight excluding hydrogens is 394 g/mol. The van der Waals surface area contributed by atoms with Crippen LogP contribution in [0.1, 0.15) is 25.3 Å². The molecule has 2 N–H and O–H groups in total. The van der Waals surface area contributed by atoms with Crippen LogP contribution in [0, 0.1) is 0 Å². The Labute approximate surface area is 183 Å². The summed E-state index contributed by atoms with van der Waals surface area (Å²) in [4.78, 5) is 23.0. The van der Waals surface area contributed by atoms with E-state index in [2.05, 4.69) is 20.6 Å². The van der Waals surface area contributed by atoms with Gasteiger partial charge in [0, 0.05) is 31.9 Å². The zero-order chi connectivity index (χ0) is 21.7. The Balaban J connectivity index is 1.41. The first-order chi connectivity index (χ1) is 15.2. The van der Waals surface area contributed by atoms with Crippen LogP contribution in [0.5, 0.6) is 11.6 Å². The number of likely N-dealkylation sites (tertiary alicyclic amines) is 1. The second-order valence-corrected chi connectivity index (χ2v) is 7.15. The van der Waals surface area contributed by atoms with Crippen molar-refractivity contribution in [2.24, 2.45) is 4.99 Å². The molecule has 1 amide bonds. The smallest absolute Gasteiger partial charge is 0.241 e. The van der Waals surface area contributed by atoms with Gasteiger partial charge >= 0.3 is 0 Å². The van der Waals surface area contributed by atoms with Crippen molar-refractivity contribution in [2.75, 3.05) is 39.4 Å². The maximum atomic E-state index is 12.2. The van der Waals surface area contributed by atoms with Gasteiger partial charge in [-0.2, -0.15) is 0 Å². The van der Waals surface area contributed by atoms with E-state index in [0.29, 0.717) is 31.6 Å². The molecule has 166 valence electrons. The number of carbonyl (C=O) groups excluding carboxylic acids is 1. The van der Waals surface area contributed by atoms with E-state index in [9.17, 15) is 4.79 Å². The molecule has 1 aliphatic heterocycles. The summed E-state index contributed by atoms with van der Waals surface area (Å²) in [5.74, 6) is 2.10. The van der Waals surface area contributed by atoms with Crippen LogP contribution < -0.4 is 20.1 Å². The number of nitrogens with one attached hydrogen (secondary N) is 2. The molecular formula is C23H31N5O3. The monoisotopic (exact) mass is 425 g/mol. The Morgan fingerprint density at radius 1 is 1.06 bits per heavy atom. The lowest BCUT2D eigenvalue weighted by atomic mass is 10.3. The van der Waals surface area contributed by atoms with Crippen LogP contribution in [0.25, 0.3) is 0 Å². The van der Waals surface area contributed by atoms with Crippen LogP contribution in [0.2, 0.25) is 0 Å². The normalized spacial score (nSPS) is 13.7. The number of carbonyl (C=O) groups is 1. The van der Waals surface area contributed by atoms with E-state index in [1.807, 2.05) is 54.3 Å². The fourth-order valence-corrected chi connectivity index (χ4v) is 3.16. The number of pyridine rings is 1. The fraction of sp³-hybridized carbons (Fsp3) is 0.435. The van der Waals surface area contributed by atoms with Crippen LogP contribution in [0.15, 0.2) is 53.7 Å². The number of benzene rings is 1. The molecule has 1 aromatic carbocycles. The van der Waals surface area contributed by atoms with Crippen molar-refractivity contribution < 1.29 is 14.3 Å². The van der Waals surface area contributed by atoms with Gasteiger partial charge in [0.15, 0.2) is 5.96 Å². The molecule has 31 heavy (non-hydrogen) atoms. The number of hydrogen-bond donors (Lipinski definition) is 2. The lowest BCUT2D eigenvalue weighted by Crippen LogP contribution is -2.44. The molecule has 0 spiro atoms. The highest BCUT2D eigenvalue weighted by molar-refractivity contribution is 5.86. The van der Waals surface area contributed by atoms with Gasteiger partial charge in [-0.05, 0) is 37.5 Å². The Kier molecular flexibility index (Phi) is 8.97. The van der Waals surface area contributed by atoms with Crippen LogP contribution in [-0.2, 0) is 11.3 Å². The molecule has 2 aromatic rings. The van der Waals surface area contributed by atoms with Gasteiger partial charge in [-0.1, -0.05) is 24.3 Å². The molecule has 0 radical (unpaired) electrons. The van der Waals surface area contributed by atoms with Gasteiger partial charge in [0.25, 0.3) is 0 Å². The second kappa shape index (κ2) is 12.4. The molecule has 1 saturated heterocycles. The number of guanidine groups is 1. The first-order valence-electron chi connectivity index (χ1n) is 10.8. The molecule has 0 aliphatic carbocycles. The molecule has 1 aromatic heterocycles. The average molecular weight is 426 g/mol. The summed E-state index contributed by atoms with van der Waals surface area (Å²) < 4.78 is 11.2. The molecule has 0 bridgehead atoms.